The number of nitrogens with one attached hydrogen (secondary N) is 1. The quantitative estimate of drug-likeness (QED) is 0.304. The first-order valence-electron chi connectivity index (χ1n) is 12.0. The van der Waals surface area contributed by atoms with E-state index in [1.807, 2.05) is 0 Å². The molecule has 1 heterocycles. The third kappa shape index (κ3) is 6.26. The molecule has 3 aromatic rings. The molecule has 0 saturated carbocycles. The normalized spacial score (nSPS) is 13.7. The average molecular weight is 550 g/mol. The van der Waals surface area contributed by atoms with E-state index in [0.29, 0.717) is 33.9 Å². The lowest BCUT2D eigenvalue weighted by Crippen LogP contribution is -2.44. The summed E-state index contributed by atoms with van der Waals surface area (Å²) in [5.74, 6) is -0.273. The van der Waals surface area contributed by atoms with Crippen molar-refractivity contribution >= 4 is 23.7 Å². The maximum absolute atomic E-state index is 12.9. The molecule has 40 heavy (non-hydrogen) atoms. The fraction of sp³-hybridized carbons (Fsp3) is 0.207. The zero-order valence-corrected chi connectivity index (χ0v) is 21.9. The largest absolute Gasteiger partial charge is 0.508 e. The number of aliphatic carboxylic acids is 1. The summed E-state index contributed by atoms with van der Waals surface area (Å²) < 4.78 is 27.3. The van der Waals surface area contributed by atoms with Crippen molar-refractivity contribution in [1.82, 2.24) is 5.32 Å². The number of benzene rings is 3. The number of carbonyl (C=O) groups excluding carboxylic acids is 2. The Morgan fingerprint density at radius 3 is 2.27 bits per heavy atom. The van der Waals surface area contributed by atoms with Gasteiger partial charge in [0.2, 0.25) is 5.78 Å². The first-order chi connectivity index (χ1) is 19.2. The van der Waals surface area contributed by atoms with Crippen molar-refractivity contribution in [2.75, 3.05) is 27.9 Å². The Balaban J connectivity index is 1.42. The Morgan fingerprint density at radius 2 is 1.62 bits per heavy atom. The van der Waals surface area contributed by atoms with Crippen LogP contribution in [0.1, 0.15) is 21.5 Å². The highest BCUT2D eigenvalue weighted by Gasteiger charge is 2.29. The highest BCUT2D eigenvalue weighted by Crippen LogP contribution is 2.39. The van der Waals surface area contributed by atoms with Crippen molar-refractivity contribution in [2.45, 2.75) is 12.5 Å². The number of ether oxygens (including phenoxy) is 5. The maximum Gasteiger partial charge on any atom is 0.326 e. The van der Waals surface area contributed by atoms with Gasteiger partial charge in [0.15, 0.2) is 23.9 Å². The summed E-state index contributed by atoms with van der Waals surface area (Å²) in [7, 11) is 4.48. The highest BCUT2D eigenvalue weighted by atomic mass is 16.5. The zero-order valence-electron chi connectivity index (χ0n) is 21.9. The molecule has 0 bridgehead atoms. The Hall–Kier alpha value is -5.19. The molecular formula is C29H27NO10. The summed E-state index contributed by atoms with van der Waals surface area (Å²) >= 11 is 0. The zero-order chi connectivity index (χ0) is 28.8. The van der Waals surface area contributed by atoms with Crippen molar-refractivity contribution in [3.05, 3.63) is 77.0 Å². The van der Waals surface area contributed by atoms with Crippen molar-refractivity contribution in [3.63, 3.8) is 0 Å². The molecule has 11 heteroatoms. The van der Waals surface area contributed by atoms with Gasteiger partial charge in [-0.05, 0) is 42.0 Å². The number of Topliss-reactive ketones (excluding diaryl/α,β-unsaturated/α-hetero) is 1. The third-order valence-electron chi connectivity index (χ3n) is 6.04. The van der Waals surface area contributed by atoms with E-state index in [1.165, 1.54) is 57.7 Å². The molecule has 1 amide bonds. The molecule has 11 nitrogen and oxygen atoms in total. The molecule has 0 saturated heterocycles. The molecule has 0 fully saturated rings. The lowest BCUT2D eigenvalue weighted by molar-refractivity contribution is -0.142. The molecule has 3 aromatic carbocycles. The molecule has 4 rings (SSSR count). The summed E-state index contributed by atoms with van der Waals surface area (Å²) in [4.78, 5) is 37.0. The number of hydrogen-bond donors (Lipinski definition) is 3. The summed E-state index contributed by atoms with van der Waals surface area (Å²) in [5, 5.41) is 21.3. The predicted octanol–water partition coefficient (Wildman–Crippen LogP) is 3.23. The van der Waals surface area contributed by atoms with Crippen molar-refractivity contribution < 1.29 is 48.3 Å². The number of carboxylic acid groups (broad SMARTS) is 1. The van der Waals surface area contributed by atoms with E-state index >= 15 is 0 Å². The van der Waals surface area contributed by atoms with Gasteiger partial charge in [0.05, 0.1) is 26.9 Å². The monoisotopic (exact) mass is 549 g/mol. The molecule has 0 aromatic heterocycles. The van der Waals surface area contributed by atoms with Gasteiger partial charge < -0.3 is 39.2 Å². The number of carbonyl (C=O) groups is 3. The fourth-order valence-electron chi connectivity index (χ4n) is 4.02. The number of ketones is 1. The van der Waals surface area contributed by atoms with Crippen LogP contribution in [0.3, 0.4) is 0 Å². The summed E-state index contributed by atoms with van der Waals surface area (Å²) in [6.07, 6.45) is 1.55. The standard InChI is InChI=1S/C29H27NO10/c1-36-22-14-25(38-3)24(37-2)11-17(22)12-26-28(33)20-9-8-19(13-23(20)40-26)39-15-27(32)30-21(29(34)35)10-16-4-6-18(31)7-5-16/h4-9,11-14,21,31H,10,15H2,1-3H3,(H,30,32)(H,34,35)/t21-/m1/s1. The summed E-state index contributed by atoms with van der Waals surface area (Å²) in [6.45, 7) is -0.461. The molecule has 3 N–H and O–H groups in total. The predicted molar refractivity (Wildman–Crippen MR) is 142 cm³/mol. The van der Waals surface area contributed by atoms with Crippen molar-refractivity contribution in [2.24, 2.45) is 0 Å². The molecule has 0 unspecified atom stereocenters. The first kappa shape index (κ1) is 27.8. The van der Waals surface area contributed by atoms with E-state index < -0.39 is 24.5 Å². The highest BCUT2D eigenvalue weighted by molar-refractivity contribution is 6.14. The number of allylic oxidation sites excluding steroid dienone is 1. The summed E-state index contributed by atoms with van der Waals surface area (Å²) in [6, 6.07) is 12.6. The third-order valence-corrected chi connectivity index (χ3v) is 6.04. The van der Waals surface area contributed by atoms with Crippen LogP contribution in [0.2, 0.25) is 0 Å². The molecule has 1 atom stereocenters. The first-order valence-corrected chi connectivity index (χ1v) is 12.0. The molecule has 0 aliphatic carbocycles. The SMILES string of the molecule is COc1cc(OC)c(OC)cc1C=C1Oc2cc(OCC(=O)N[C@H](Cc3ccc(O)cc3)C(=O)O)ccc2C1=O. The second-order valence-corrected chi connectivity index (χ2v) is 8.66. The molecular weight excluding hydrogens is 522 g/mol. The number of aromatic hydroxyl groups is 1. The van der Waals surface area contributed by atoms with E-state index in [9.17, 15) is 24.6 Å². The van der Waals surface area contributed by atoms with Crippen LogP contribution in [-0.2, 0) is 16.0 Å². The number of phenols is 1. The number of phenolic OH excluding ortho intramolecular Hbond substituents is 1. The average Bonchev–Trinajstić information content (AvgIpc) is 3.26. The molecule has 208 valence electrons. The smallest absolute Gasteiger partial charge is 0.326 e. The second kappa shape index (κ2) is 12.1. The van der Waals surface area contributed by atoms with E-state index in [0.717, 1.165) is 0 Å². The minimum Gasteiger partial charge on any atom is -0.508 e. The number of rotatable bonds is 11. The Morgan fingerprint density at radius 1 is 0.950 bits per heavy atom. The molecule has 1 aliphatic rings. The van der Waals surface area contributed by atoms with Crippen LogP contribution < -0.4 is 29.0 Å². The van der Waals surface area contributed by atoms with E-state index in [4.69, 9.17) is 23.7 Å². The molecule has 1 aliphatic heterocycles. The second-order valence-electron chi connectivity index (χ2n) is 8.66. The molecule has 0 radical (unpaired) electrons. The van der Waals surface area contributed by atoms with E-state index in [2.05, 4.69) is 5.32 Å². The minimum atomic E-state index is -1.21. The number of carboxylic acids is 1. The van der Waals surface area contributed by atoms with Gasteiger partial charge in [-0.15, -0.1) is 0 Å². The Bertz CT molecular complexity index is 1460. The van der Waals surface area contributed by atoms with Crippen LogP contribution in [-0.4, -0.2) is 61.9 Å². The van der Waals surface area contributed by atoms with E-state index in [-0.39, 0.29) is 35.2 Å². The topological polar surface area (TPSA) is 150 Å². The van der Waals surface area contributed by atoms with E-state index in [1.54, 1.807) is 24.3 Å². The van der Waals surface area contributed by atoms with Crippen LogP contribution in [0.4, 0.5) is 0 Å². The lowest BCUT2D eigenvalue weighted by atomic mass is 10.1. The number of amides is 1. The van der Waals surface area contributed by atoms with Gasteiger partial charge in [-0.25, -0.2) is 4.79 Å². The number of fused-ring (bicyclic) bond motifs is 1. The summed E-state index contributed by atoms with van der Waals surface area (Å²) in [5.41, 5.74) is 1.47. The van der Waals surface area contributed by atoms with Crippen LogP contribution in [0.25, 0.3) is 6.08 Å². The van der Waals surface area contributed by atoms with Crippen LogP contribution in [0.5, 0.6) is 34.5 Å². The Labute approximate surface area is 229 Å². The van der Waals surface area contributed by atoms with Gasteiger partial charge >= 0.3 is 5.97 Å². The molecule has 0 spiro atoms. The van der Waals surface area contributed by atoms with Gasteiger partial charge in [-0.3, -0.25) is 9.59 Å². The van der Waals surface area contributed by atoms with Gasteiger partial charge in [0.25, 0.3) is 5.91 Å². The van der Waals surface area contributed by atoms with Gasteiger partial charge in [-0.2, -0.15) is 0 Å². The minimum absolute atomic E-state index is 0.0239. The van der Waals surface area contributed by atoms with Crippen LogP contribution in [0.15, 0.2) is 60.4 Å². The Kier molecular flexibility index (Phi) is 8.43. The van der Waals surface area contributed by atoms with Crippen LogP contribution in [0, 0.1) is 0 Å². The maximum atomic E-state index is 12.9. The van der Waals surface area contributed by atoms with Gasteiger partial charge in [-0.1, -0.05) is 12.1 Å². The fourth-order valence-corrected chi connectivity index (χ4v) is 4.02. The number of hydrogen-bond acceptors (Lipinski definition) is 9. The van der Waals surface area contributed by atoms with Crippen LogP contribution >= 0.6 is 0 Å². The van der Waals surface area contributed by atoms with Gasteiger partial charge in [0, 0.05) is 24.1 Å². The van der Waals surface area contributed by atoms with Crippen molar-refractivity contribution in [3.8, 4) is 34.5 Å². The number of methoxy groups -OCH3 is 3. The van der Waals surface area contributed by atoms with Crippen molar-refractivity contribution in [1.29, 1.82) is 0 Å². The van der Waals surface area contributed by atoms with Gasteiger partial charge in [0.1, 0.15) is 29.0 Å². The lowest BCUT2D eigenvalue weighted by Gasteiger charge is -2.15.